The molecule has 5 nitrogen and oxygen atoms in total. The fourth-order valence-electron chi connectivity index (χ4n) is 2.00. The molecule has 0 spiro atoms. The molecular weight excluding hydrogens is 300 g/mol. The van der Waals surface area contributed by atoms with Crippen molar-refractivity contribution in [3.8, 4) is 5.75 Å². The van der Waals surface area contributed by atoms with Crippen molar-refractivity contribution in [3.63, 3.8) is 0 Å². The summed E-state index contributed by atoms with van der Waals surface area (Å²) < 4.78 is 5.10. The topological polar surface area (TPSA) is 71.5 Å². The molecule has 118 valence electrons. The summed E-state index contributed by atoms with van der Waals surface area (Å²) in [5.41, 5.74) is 0.498. The van der Waals surface area contributed by atoms with Gasteiger partial charge in [0.2, 0.25) is 0 Å². The van der Waals surface area contributed by atoms with Crippen LogP contribution in [0.3, 0.4) is 0 Å². The first kappa shape index (κ1) is 16.5. The number of rotatable bonds is 6. The minimum absolute atomic E-state index is 0.238. The van der Waals surface area contributed by atoms with Crippen molar-refractivity contribution in [2.75, 3.05) is 7.11 Å². The van der Waals surface area contributed by atoms with Gasteiger partial charge in [-0.3, -0.25) is 4.79 Å². The van der Waals surface area contributed by atoms with Crippen LogP contribution in [0.2, 0.25) is 0 Å². The number of nitrogens with zero attached hydrogens (tertiary/aromatic N) is 1. The molecule has 0 aliphatic rings. The van der Waals surface area contributed by atoms with Crippen LogP contribution in [0.25, 0.3) is 0 Å². The lowest BCUT2D eigenvalue weighted by atomic mass is 10.1. The second-order valence-electron chi connectivity index (χ2n) is 4.93. The molecule has 1 amide bonds. The number of aryl methyl sites for hydroxylation is 1. The number of carbonyl (C=O) groups is 1. The first-order chi connectivity index (χ1) is 10.5. The number of aliphatic hydroxyl groups excluding tert-OH is 1. The minimum Gasteiger partial charge on any atom is -0.497 e. The molecule has 1 aromatic heterocycles. The number of nitrogens with one attached hydrogen (secondary N) is 1. The van der Waals surface area contributed by atoms with Gasteiger partial charge in [-0.05, 0) is 31.0 Å². The Balaban J connectivity index is 2.04. The average Bonchev–Trinajstić information content (AvgIpc) is 3.03. The molecule has 2 atom stereocenters. The van der Waals surface area contributed by atoms with E-state index < -0.39 is 12.0 Å². The second-order valence-corrected chi connectivity index (χ2v) is 6.07. The summed E-state index contributed by atoms with van der Waals surface area (Å²) in [6.45, 7) is 3.92. The molecule has 0 fully saturated rings. The van der Waals surface area contributed by atoms with Crippen LogP contribution in [0.4, 0.5) is 0 Å². The van der Waals surface area contributed by atoms with E-state index >= 15 is 0 Å². The van der Waals surface area contributed by atoms with Gasteiger partial charge in [-0.1, -0.05) is 19.1 Å². The lowest BCUT2D eigenvalue weighted by Gasteiger charge is -2.16. The molecule has 22 heavy (non-hydrogen) atoms. The molecule has 0 unspecified atom stereocenters. The van der Waals surface area contributed by atoms with Crippen LogP contribution < -0.4 is 10.1 Å². The van der Waals surface area contributed by atoms with Crippen molar-refractivity contribution < 1.29 is 14.6 Å². The predicted molar refractivity (Wildman–Crippen MR) is 86.0 cm³/mol. The summed E-state index contributed by atoms with van der Waals surface area (Å²) in [5, 5.41) is 13.8. The van der Waals surface area contributed by atoms with E-state index in [1.165, 1.54) is 4.88 Å². The lowest BCUT2D eigenvalue weighted by molar-refractivity contribution is -0.130. The highest BCUT2D eigenvalue weighted by atomic mass is 32.1. The molecule has 6 heteroatoms. The molecule has 0 aliphatic carbocycles. The van der Waals surface area contributed by atoms with E-state index in [1.54, 1.807) is 42.7 Å². The summed E-state index contributed by atoms with van der Waals surface area (Å²) in [7, 11) is 1.54. The highest BCUT2D eigenvalue weighted by Gasteiger charge is 2.21. The standard InChI is InChI=1S/C16H20N2O3S/c1-4-13-9-17-16(22-13)10(2)18-15(20)14(19)11-6-5-7-12(8-11)21-3/h5-10,14,19H,4H2,1-3H3,(H,18,20)/t10-,14+/m1/s1. The van der Waals surface area contributed by atoms with Crippen LogP contribution in [0.15, 0.2) is 30.5 Å². The maximum atomic E-state index is 12.2. The van der Waals surface area contributed by atoms with Crippen LogP contribution in [0.1, 0.15) is 41.4 Å². The number of benzene rings is 1. The number of hydrogen-bond acceptors (Lipinski definition) is 5. The third kappa shape index (κ3) is 3.84. The first-order valence-corrected chi connectivity index (χ1v) is 7.93. The number of ether oxygens (including phenoxy) is 1. The quantitative estimate of drug-likeness (QED) is 0.858. The first-order valence-electron chi connectivity index (χ1n) is 7.12. The Morgan fingerprint density at radius 2 is 2.27 bits per heavy atom. The smallest absolute Gasteiger partial charge is 0.254 e. The Labute approximate surface area is 134 Å². The van der Waals surface area contributed by atoms with Gasteiger partial charge in [0.05, 0.1) is 13.2 Å². The number of methoxy groups -OCH3 is 1. The SMILES string of the molecule is CCc1cnc([C@@H](C)NC(=O)[C@@H](O)c2cccc(OC)c2)s1. The molecule has 2 N–H and O–H groups in total. The van der Waals surface area contributed by atoms with Gasteiger partial charge in [-0.15, -0.1) is 11.3 Å². The van der Waals surface area contributed by atoms with Crippen LogP contribution in [0, 0.1) is 0 Å². The largest absolute Gasteiger partial charge is 0.497 e. The average molecular weight is 320 g/mol. The van der Waals surface area contributed by atoms with Crippen molar-refractivity contribution in [1.29, 1.82) is 0 Å². The van der Waals surface area contributed by atoms with Gasteiger partial charge in [-0.25, -0.2) is 4.98 Å². The van der Waals surface area contributed by atoms with Gasteiger partial charge in [0.25, 0.3) is 5.91 Å². The Morgan fingerprint density at radius 3 is 2.91 bits per heavy atom. The Bertz CT molecular complexity index is 642. The van der Waals surface area contributed by atoms with E-state index in [-0.39, 0.29) is 6.04 Å². The maximum Gasteiger partial charge on any atom is 0.254 e. The van der Waals surface area contributed by atoms with E-state index in [2.05, 4.69) is 17.2 Å². The number of aromatic nitrogens is 1. The summed E-state index contributed by atoms with van der Waals surface area (Å²) in [6, 6.07) is 6.60. The summed E-state index contributed by atoms with van der Waals surface area (Å²) >= 11 is 1.57. The zero-order valence-electron chi connectivity index (χ0n) is 12.9. The highest BCUT2D eigenvalue weighted by Crippen LogP contribution is 2.23. The van der Waals surface area contributed by atoms with Crippen molar-refractivity contribution in [2.24, 2.45) is 0 Å². The van der Waals surface area contributed by atoms with E-state index in [9.17, 15) is 9.90 Å². The molecule has 0 saturated carbocycles. The van der Waals surface area contributed by atoms with Crippen LogP contribution in [0.5, 0.6) is 5.75 Å². The summed E-state index contributed by atoms with van der Waals surface area (Å²) in [6.07, 6.45) is 1.51. The molecule has 1 heterocycles. The van der Waals surface area contributed by atoms with Gasteiger partial charge in [0.15, 0.2) is 6.10 Å². The zero-order chi connectivity index (χ0) is 16.1. The van der Waals surface area contributed by atoms with E-state index in [4.69, 9.17) is 4.74 Å². The predicted octanol–water partition coefficient (Wildman–Crippen LogP) is 2.62. The third-order valence-corrected chi connectivity index (χ3v) is 4.63. The number of aliphatic hydroxyl groups is 1. The van der Waals surface area contributed by atoms with Gasteiger partial charge >= 0.3 is 0 Å². The molecule has 0 radical (unpaired) electrons. The highest BCUT2D eigenvalue weighted by molar-refractivity contribution is 7.11. The van der Waals surface area contributed by atoms with Crippen LogP contribution >= 0.6 is 11.3 Å². The number of hydrogen-bond donors (Lipinski definition) is 2. The molecular formula is C16H20N2O3S. The Morgan fingerprint density at radius 1 is 1.50 bits per heavy atom. The minimum atomic E-state index is -1.23. The van der Waals surface area contributed by atoms with Gasteiger partial charge in [-0.2, -0.15) is 0 Å². The second kappa shape index (κ2) is 7.38. The fraction of sp³-hybridized carbons (Fsp3) is 0.375. The van der Waals surface area contributed by atoms with Crippen LogP contribution in [-0.4, -0.2) is 23.1 Å². The number of amides is 1. The molecule has 0 saturated heterocycles. The van der Waals surface area contributed by atoms with Gasteiger partial charge < -0.3 is 15.2 Å². The molecule has 0 aliphatic heterocycles. The molecule has 1 aromatic carbocycles. The van der Waals surface area contributed by atoms with E-state index in [1.807, 2.05) is 13.1 Å². The monoisotopic (exact) mass is 320 g/mol. The van der Waals surface area contributed by atoms with Crippen LogP contribution in [-0.2, 0) is 11.2 Å². The van der Waals surface area contributed by atoms with Gasteiger partial charge in [0.1, 0.15) is 10.8 Å². The molecule has 0 bridgehead atoms. The Hall–Kier alpha value is -1.92. The van der Waals surface area contributed by atoms with E-state index in [0.29, 0.717) is 11.3 Å². The van der Waals surface area contributed by atoms with Crippen molar-refractivity contribution in [3.05, 3.63) is 45.9 Å². The number of carbonyl (C=O) groups excluding carboxylic acids is 1. The molecule has 2 aromatic rings. The maximum absolute atomic E-state index is 12.2. The zero-order valence-corrected chi connectivity index (χ0v) is 13.7. The summed E-state index contributed by atoms with van der Waals surface area (Å²) in [5.74, 6) is 0.152. The summed E-state index contributed by atoms with van der Waals surface area (Å²) in [4.78, 5) is 17.7. The normalized spacial score (nSPS) is 13.5. The lowest BCUT2D eigenvalue weighted by Crippen LogP contribution is -2.31. The van der Waals surface area contributed by atoms with Crippen molar-refractivity contribution in [1.82, 2.24) is 10.3 Å². The van der Waals surface area contributed by atoms with Crippen molar-refractivity contribution >= 4 is 17.2 Å². The molecule has 2 rings (SSSR count). The van der Waals surface area contributed by atoms with Gasteiger partial charge in [0, 0.05) is 11.1 Å². The number of thiazole rings is 1. The van der Waals surface area contributed by atoms with Crippen molar-refractivity contribution in [2.45, 2.75) is 32.4 Å². The third-order valence-electron chi connectivity index (χ3n) is 3.31. The fourth-order valence-corrected chi connectivity index (χ4v) is 2.86. The van der Waals surface area contributed by atoms with E-state index in [0.717, 1.165) is 11.4 Å². The Kier molecular flexibility index (Phi) is 5.51.